The number of hydrogen-bond donors (Lipinski definition) is 1. The minimum absolute atomic E-state index is 0.0840. The number of anilines is 1. The molecule has 2 aliphatic rings. The van der Waals surface area contributed by atoms with Gasteiger partial charge in [-0.15, -0.1) is 0 Å². The second-order valence-corrected chi connectivity index (χ2v) is 9.31. The Morgan fingerprint density at radius 2 is 1.97 bits per heavy atom. The van der Waals surface area contributed by atoms with Gasteiger partial charge in [0.1, 0.15) is 5.66 Å². The first-order chi connectivity index (χ1) is 15.3. The van der Waals surface area contributed by atoms with E-state index in [2.05, 4.69) is 68.3 Å². The van der Waals surface area contributed by atoms with Crippen molar-refractivity contribution in [2.24, 2.45) is 0 Å². The lowest BCUT2D eigenvalue weighted by molar-refractivity contribution is -0.124. The minimum atomic E-state index is -0.623. The molecule has 1 atom stereocenters. The van der Waals surface area contributed by atoms with E-state index in [0.717, 1.165) is 29.9 Å². The van der Waals surface area contributed by atoms with Crippen LogP contribution in [0.1, 0.15) is 56.7 Å². The Hall–Kier alpha value is -2.95. The van der Waals surface area contributed by atoms with E-state index < -0.39 is 5.66 Å². The van der Waals surface area contributed by atoms with Gasteiger partial charge in [0.15, 0.2) is 11.5 Å². The molecule has 4 rings (SSSR count). The summed E-state index contributed by atoms with van der Waals surface area (Å²) in [5.74, 6) is 1.56. The van der Waals surface area contributed by atoms with Crippen molar-refractivity contribution in [2.45, 2.75) is 58.0 Å². The van der Waals surface area contributed by atoms with Gasteiger partial charge in [0.25, 0.3) is 0 Å². The topological polar surface area (TPSA) is 50.8 Å². The Labute approximate surface area is 191 Å². The number of nitrogens with one attached hydrogen (secondary N) is 1. The normalized spacial score (nSPS) is 21.3. The third-order valence-electron chi connectivity index (χ3n) is 6.85. The monoisotopic (exact) mass is 434 g/mol. The molecule has 32 heavy (non-hydrogen) atoms. The van der Waals surface area contributed by atoms with Crippen LogP contribution >= 0.6 is 0 Å². The van der Waals surface area contributed by atoms with E-state index in [4.69, 9.17) is 9.47 Å². The molecular formula is C27H34N2O3. The Bertz CT molecular complexity index is 1040. The molecule has 2 heterocycles. The van der Waals surface area contributed by atoms with Crippen LogP contribution in [0.25, 0.3) is 6.08 Å². The first kappa shape index (κ1) is 22.3. The van der Waals surface area contributed by atoms with Crippen LogP contribution in [-0.2, 0) is 10.2 Å². The predicted octanol–water partition coefficient (Wildman–Crippen LogP) is 5.21. The maximum absolute atomic E-state index is 12.6. The van der Waals surface area contributed by atoms with Crippen molar-refractivity contribution in [1.29, 1.82) is 0 Å². The fourth-order valence-electron chi connectivity index (χ4n) is 4.92. The highest BCUT2D eigenvalue weighted by Crippen LogP contribution is 2.52. The molecule has 0 radical (unpaired) electrons. The van der Waals surface area contributed by atoms with Gasteiger partial charge in [0.2, 0.25) is 5.91 Å². The van der Waals surface area contributed by atoms with Crippen LogP contribution in [0.3, 0.4) is 0 Å². The summed E-state index contributed by atoms with van der Waals surface area (Å²) in [5, 5.41) is 3.34. The first-order valence-electron chi connectivity index (χ1n) is 11.5. The number of ether oxygens (including phenoxy) is 2. The van der Waals surface area contributed by atoms with Crippen molar-refractivity contribution in [3.63, 3.8) is 0 Å². The SMILES string of the molecule is CCCCOc1ccc(C=C[C@@]23NC(=O)CCN2c2ccc(C)cc2C3(C)C)cc1OC. The Morgan fingerprint density at radius 1 is 1.16 bits per heavy atom. The van der Waals surface area contributed by atoms with Crippen LogP contribution in [-0.4, -0.2) is 31.8 Å². The molecule has 2 aromatic carbocycles. The number of fused-ring (bicyclic) bond motifs is 3. The Morgan fingerprint density at radius 3 is 2.72 bits per heavy atom. The summed E-state index contributed by atoms with van der Waals surface area (Å²) in [6.07, 6.45) is 6.82. The van der Waals surface area contributed by atoms with E-state index in [0.29, 0.717) is 19.6 Å². The van der Waals surface area contributed by atoms with Crippen LogP contribution in [0, 0.1) is 6.92 Å². The molecule has 2 aromatic rings. The molecule has 0 aliphatic carbocycles. The summed E-state index contributed by atoms with van der Waals surface area (Å²) in [5.41, 5.74) is 3.77. The standard InChI is InChI=1S/C27H34N2O3/c1-6-7-16-32-23-11-9-20(18-24(23)31-5)12-14-27-26(3,4)21-17-19(2)8-10-22(21)29(27)15-13-25(30)28-27/h8-12,14,17-18H,6-7,13,15-16H2,1-5H3,(H,28,30)/t27-/m1/s1. The largest absolute Gasteiger partial charge is 0.493 e. The van der Waals surface area contributed by atoms with Gasteiger partial charge in [-0.05, 0) is 48.7 Å². The number of amides is 1. The van der Waals surface area contributed by atoms with Crippen LogP contribution < -0.4 is 19.7 Å². The van der Waals surface area contributed by atoms with Gasteiger partial charge in [-0.25, -0.2) is 0 Å². The maximum Gasteiger partial charge on any atom is 0.223 e. The summed E-state index contributed by atoms with van der Waals surface area (Å²) >= 11 is 0. The van der Waals surface area contributed by atoms with Gasteiger partial charge in [-0.3, -0.25) is 4.79 Å². The molecule has 1 N–H and O–H groups in total. The zero-order valence-electron chi connectivity index (χ0n) is 19.8. The van der Waals surface area contributed by atoms with Crippen LogP contribution in [0.5, 0.6) is 11.5 Å². The van der Waals surface area contributed by atoms with Crippen LogP contribution in [0.15, 0.2) is 42.5 Å². The molecular weight excluding hydrogens is 400 g/mol. The molecule has 1 fully saturated rings. The van der Waals surface area contributed by atoms with Gasteiger partial charge in [0.05, 0.1) is 13.7 Å². The first-order valence-corrected chi connectivity index (χ1v) is 11.5. The zero-order chi connectivity index (χ0) is 22.9. The zero-order valence-corrected chi connectivity index (χ0v) is 19.8. The highest BCUT2D eigenvalue weighted by atomic mass is 16.5. The predicted molar refractivity (Wildman–Crippen MR) is 129 cm³/mol. The van der Waals surface area contributed by atoms with E-state index in [-0.39, 0.29) is 11.3 Å². The highest BCUT2D eigenvalue weighted by molar-refractivity contribution is 5.84. The number of unbranched alkanes of at least 4 members (excludes halogenated alkanes) is 1. The summed E-state index contributed by atoms with van der Waals surface area (Å²) < 4.78 is 11.4. The molecule has 5 nitrogen and oxygen atoms in total. The van der Waals surface area contributed by atoms with Gasteiger partial charge in [-0.2, -0.15) is 0 Å². The number of hydrogen-bond acceptors (Lipinski definition) is 4. The Balaban J connectivity index is 1.70. The molecule has 0 spiro atoms. The second kappa shape index (κ2) is 8.53. The van der Waals surface area contributed by atoms with Crippen molar-refractivity contribution < 1.29 is 14.3 Å². The average molecular weight is 435 g/mol. The van der Waals surface area contributed by atoms with Gasteiger partial charge >= 0.3 is 0 Å². The molecule has 0 saturated carbocycles. The lowest BCUT2D eigenvalue weighted by Gasteiger charge is -2.49. The molecule has 2 aliphatic heterocycles. The number of rotatable bonds is 7. The average Bonchev–Trinajstić information content (AvgIpc) is 2.96. The molecule has 0 aromatic heterocycles. The number of aryl methyl sites for hydroxylation is 1. The van der Waals surface area contributed by atoms with Crippen LogP contribution in [0.2, 0.25) is 0 Å². The number of methoxy groups -OCH3 is 1. The fraction of sp³-hybridized carbons (Fsp3) is 0.444. The third kappa shape index (κ3) is 3.64. The minimum Gasteiger partial charge on any atom is -0.493 e. The lowest BCUT2D eigenvalue weighted by Crippen LogP contribution is -2.68. The molecule has 0 bridgehead atoms. The molecule has 1 amide bonds. The van der Waals surface area contributed by atoms with Crippen molar-refractivity contribution in [3.8, 4) is 11.5 Å². The third-order valence-corrected chi connectivity index (χ3v) is 6.85. The number of nitrogens with zero attached hydrogens (tertiary/aromatic N) is 1. The number of benzene rings is 2. The van der Waals surface area contributed by atoms with Gasteiger partial charge < -0.3 is 19.7 Å². The summed E-state index contributed by atoms with van der Waals surface area (Å²) in [4.78, 5) is 14.9. The number of carbonyl (C=O) groups excluding carboxylic acids is 1. The van der Waals surface area contributed by atoms with E-state index in [1.165, 1.54) is 16.8 Å². The highest BCUT2D eigenvalue weighted by Gasteiger charge is 2.57. The molecule has 170 valence electrons. The van der Waals surface area contributed by atoms with E-state index in [9.17, 15) is 4.79 Å². The molecule has 1 saturated heterocycles. The maximum atomic E-state index is 12.6. The van der Waals surface area contributed by atoms with Crippen molar-refractivity contribution >= 4 is 17.7 Å². The van der Waals surface area contributed by atoms with E-state index in [1.54, 1.807) is 7.11 Å². The van der Waals surface area contributed by atoms with E-state index >= 15 is 0 Å². The van der Waals surface area contributed by atoms with Crippen LogP contribution in [0.4, 0.5) is 5.69 Å². The second-order valence-electron chi connectivity index (χ2n) is 9.31. The van der Waals surface area contributed by atoms with E-state index in [1.807, 2.05) is 18.2 Å². The lowest BCUT2D eigenvalue weighted by atomic mass is 9.74. The summed E-state index contributed by atoms with van der Waals surface area (Å²) in [7, 11) is 1.66. The smallest absolute Gasteiger partial charge is 0.223 e. The quantitative estimate of drug-likeness (QED) is 0.608. The fourth-order valence-corrected chi connectivity index (χ4v) is 4.92. The summed E-state index contributed by atoms with van der Waals surface area (Å²) in [6, 6.07) is 12.6. The molecule has 5 heteroatoms. The summed E-state index contributed by atoms with van der Waals surface area (Å²) in [6.45, 7) is 10.1. The number of carbonyl (C=O) groups is 1. The van der Waals surface area contributed by atoms with Gasteiger partial charge in [-0.1, -0.05) is 57.0 Å². The van der Waals surface area contributed by atoms with Crippen molar-refractivity contribution in [2.75, 3.05) is 25.2 Å². The van der Waals surface area contributed by atoms with Gasteiger partial charge in [0, 0.05) is 24.1 Å². The van der Waals surface area contributed by atoms with Crippen molar-refractivity contribution in [1.82, 2.24) is 5.32 Å². The van der Waals surface area contributed by atoms with Crippen molar-refractivity contribution in [3.05, 3.63) is 59.2 Å². The molecule has 0 unspecified atom stereocenters. The Kier molecular flexibility index (Phi) is 5.93.